The topological polar surface area (TPSA) is 73.1 Å². The number of hydrogen-bond acceptors (Lipinski definition) is 3. The minimum atomic E-state index is -0.574. The van der Waals surface area contributed by atoms with Crippen molar-refractivity contribution in [3.05, 3.63) is 63.9 Å². The van der Waals surface area contributed by atoms with Crippen molar-refractivity contribution in [3.8, 4) is 11.8 Å². The van der Waals surface area contributed by atoms with Crippen molar-refractivity contribution in [2.24, 2.45) is 0 Å². The lowest BCUT2D eigenvalue weighted by Crippen LogP contribution is -2.23. The number of halogens is 2. The fourth-order valence-corrected chi connectivity index (χ4v) is 1.89. The Morgan fingerprint density at radius 2 is 2.10 bits per heavy atom. The molecule has 0 radical (unpaired) electrons. The monoisotopic (exact) mass is 304 g/mol. The molecule has 106 valence electrons. The van der Waals surface area contributed by atoms with E-state index in [1.807, 2.05) is 6.07 Å². The van der Waals surface area contributed by atoms with Crippen molar-refractivity contribution in [3.63, 3.8) is 0 Å². The van der Waals surface area contributed by atoms with Gasteiger partial charge < -0.3 is 10.4 Å². The second-order valence-electron chi connectivity index (χ2n) is 4.26. The molecule has 0 unspecified atom stereocenters. The van der Waals surface area contributed by atoms with E-state index in [0.717, 1.165) is 6.07 Å². The fraction of sp³-hybridized carbons (Fsp3) is 0.0667. The number of hydrogen-bond donors (Lipinski definition) is 2. The standard InChI is InChI=1S/C15H10ClFN2O2/c16-11-3-4-12(14(20)6-11)15(21)19-8-10-2-1-9(7-18)5-13(10)17/h1-6,20H,8H2,(H,19,21). The Morgan fingerprint density at radius 3 is 2.71 bits per heavy atom. The zero-order valence-corrected chi connectivity index (χ0v) is 11.5. The smallest absolute Gasteiger partial charge is 0.255 e. The summed E-state index contributed by atoms with van der Waals surface area (Å²) in [4.78, 5) is 11.9. The highest BCUT2D eigenvalue weighted by molar-refractivity contribution is 6.30. The number of phenolic OH excluding ortho intramolecular Hbond substituents is 1. The zero-order chi connectivity index (χ0) is 15.4. The predicted molar refractivity (Wildman–Crippen MR) is 75.4 cm³/mol. The van der Waals surface area contributed by atoms with Gasteiger partial charge in [0.25, 0.3) is 5.91 Å². The van der Waals surface area contributed by atoms with E-state index in [0.29, 0.717) is 5.02 Å². The molecule has 0 atom stereocenters. The first-order valence-electron chi connectivity index (χ1n) is 5.96. The van der Waals surface area contributed by atoms with Gasteiger partial charge in [-0.05, 0) is 30.3 Å². The zero-order valence-electron chi connectivity index (χ0n) is 10.7. The first kappa shape index (κ1) is 14.8. The highest BCUT2D eigenvalue weighted by Gasteiger charge is 2.12. The average molecular weight is 305 g/mol. The van der Waals surface area contributed by atoms with Crippen LogP contribution in [0.4, 0.5) is 4.39 Å². The van der Waals surface area contributed by atoms with Crippen LogP contribution in [0.2, 0.25) is 5.02 Å². The molecule has 0 aliphatic rings. The second kappa shape index (κ2) is 6.25. The highest BCUT2D eigenvalue weighted by Crippen LogP contribution is 2.21. The maximum Gasteiger partial charge on any atom is 0.255 e. The van der Waals surface area contributed by atoms with E-state index in [1.165, 1.54) is 30.3 Å². The summed E-state index contributed by atoms with van der Waals surface area (Å²) >= 11 is 5.68. The van der Waals surface area contributed by atoms with E-state index in [1.54, 1.807) is 0 Å². The van der Waals surface area contributed by atoms with Crippen molar-refractivity contribution in [1.29, 1.82) is 5.26 Å². The third kappa shape index (κ3) is 3.50. The van der Waals surface area contributed by atoms with Gasteiger partial charge in [0, 0.05) is 17.1 Å². The Kier molecular flexibility index (Phi) is 4.41. The highest BCUT2D eigenvalue weighted by atomic mass is 35.5. The number of benzene rings is 2. The third-order valence-electron chi connectivity index (χ3n) is 2.83. The largest absolute Gasteiger partial charge is 0.507 e. The normalized spacial score (nSPS) is 9.95. The van der Waals surface area contributed by atoms with Crippen LogP contribution in [0, 0.1) is 17.1 Å². The molecule has 6 heteroatoms. The molecule has 0 aromatic heterocycles. The molecule has 2 N–H and O–H groups in total. The molecule has 0 aliphatic carbocycles. The Bertz CT molecular complexity index is 741. The number of nitrogens with zero attached hydrogens (tertiary/aromatic N) is 1. The minimum Gasteiger partial charge on any atom is -0.507 e. The number of carbonyl (C=O) groups is 1. The molecule has 0 fully saturated rings. The van der Waals surface area contributed by atoms with Crippen LogP contribution in [0.1, 0.15) is 21.5 Å². The number of phenols is 1. The summed E-state index contributed by atoms with van der Waals surface area (Å²) in [6.45, 7) is -0.0571. The maximum atomic E-state index is 13.7. The maximum absolute atomic E-state index is 13.7. The van der Waals surface area contributed by atoms with Crippen LogP contribution in [0.25, 0.3) is 0 Å². The first-order chi connectivity index (χ1) is 10.0. The van der Waals surface area contributed by atoms with Gasteiger partial charge in [0.1, 0.15) is 11.6 Å². The van der Waals surface area contributed by atoms with Crippen LogP contribution in [-0.4, -0.2) is 11.0 Å². The van der Waals surface area contributed by atoms with Gasteiger partial charge in [-0.2, -0.15) is 5.26 Å². The molecule has 4 nitrogen and oxygen atoms in total. The van der Waals surface area contributed by atoms with Gasteiger partial charge in [-0.1, -0.05) is 17.7 Å². The van der Waals surface area contributed by atoms with Gasteiger partial charge in [0.15, 0.2) is 0 Å². The Morgan fingerprint density at radius 1 is 1.33 bits per heavy atom. The SMILES string of the molecule is N#Cc1ccc(CNC(=O)c2ccc(Cl)cc2O)c(F)c1. The van der Waals surface area contributed by atoms with Crippen molar-refractivity contribution in [1.82, 2.24) is 5.32 Å². The number of aromatic hydroxyl groups is 1. The molecule has 2 aromatic rings. The van der Waals surface area contributed by atoms with Gasteiger partial charge in [-0.3, -0.25) is 4.79 Å². The fourth-order valence-electron chi connectivity index (χ4n) is 1.73. The number of nitriles is 1. The number of amides is 1. The van der Waals surface area contributed by atoms with Gasteiger partial charge in [0.2, 0.25) is 0 Å². The van der Waals surface area contributed by atoms with Crippen LogP contribution in [0.5, 0.6) is 5.75 Å². The number of rotatable bonds is 3. The van der Waals surface area contributed by atoms with Crippen LogP contribution < -0.4 is 5.32 Å². The quantitative estimate of drug-likeness (QED) is 0.915. The summed E-state index contributed by atoms with van der Waals surface area (Å²) in [7, 11) is 0. The Hall–Kier alpha value is -2.58. The van der Waals surface area contributed by atoms with Crippen LogP contribution >= 0.6 is 11.6 Å². The minimum absolute atomic E-state index is 0.0495. The average Bonchev–Trinajstić information content (AvgIpc) is 2.45. The summed E-state index contributed by atoms with van der Waals surface area (Å²) in [6.07, 6.45) is 0. The van der Waals surface area contributed by atoms with Crippen molar-refractivity contribution in [2.45, 2.75) is 6.54 Å². The van der Waals surface area contributed by atoms with Crippen LogP contribution in [0.3, 0.4) is 0 Å². The van der Waals surface area contributed by atoms with Gasteiger partial charge in [-0.15, -0.1) is 0 Å². The second-order valence-corrected chi connectivity index (χ2v) is 4.70. The molecule has 0 saturated heterocycles. The molecule has 0 bridgehead atoms. The molecule has 0 spiro atoms. The summed E-state index contributed by atoms with van der Waals surface area (Å²) in [6, 6.07) is 9.91. The van der Waals surface area contributed by atoms with Gasteiger partial charge >= 0.3 is 0 Å². The summed E-state index contributed by atoms with van der Waals surface area (Å²) in [5.41, 5.74) is 0.502. The van der Waals surface area contributed by atoms with Crippen molar-refractivity contribution >= 4 is 17.5 Å². The lowest BCUT2D eigenvalue weighted by molar-refractivity contribution is 0.0948. The third-order valence-corrected chi connectivity index (χ3v) is 3.06. The van der Waals surface area contributed by atoms with E-state index in [4.69, 9.17) is 16.9 Å². The lowest BCUT2D eigenvalue weighted by atomic mass is 10.1. The van der Waals surface area contributed by atoms with E-state index >= 15 is 0 Å². The molecular weight excluding hydrogens is 295 g/mol. The molecule has 2 rings (SSSR count). The van der Waals surface area contributed by atoms with E-state index < -0.39 is 11.7 Å². The van der Waals surface area contributed by atoms with Crippen LogP contribution in [-0.2, 0) is 6.54 Å². The molecule has 1 amide bonds. The number of nitrogens with one attached hydrogen (secondary N) is 1. The summed E-state index contributed by atoms with van der Waals surface area (Å²) < 4.78 is 13.7. The first-order valence-corrected chi connectivity index (χ1v) is 6.34. The molecule has 0 saturated carbocycles. The Balaban J connectivity index is 2.09. The van der Waals surface area contributed by atoms with Crippen molar-refractivity contribution in [2.75, 3.05) is 0 Å². The predicted octanol–water partition coefficient (Wildman–Crippen LogP) is 2.99. The van der Waals surface area contributed by atoms with E-state index in [2.05, 4.69) is 5.32 Å². The van der Waals surface area contributed by atoms with E-state index in [9.17, 15) is 14.3 Å². The summed E-state index contributed by atoms with van der Waals surface area (Å²) in [5, 5.41) is 21.1. The van der Waals surface area contributed by atoms with Crippen molar-refractivity contribution < 1.29 is 14.3 Å². The molecule has 21 heavy (non-hydrogen) atoms. The Labute approximate surface area is 125 Å². The van der Waals surface area contributed by atoms with Crippen LogP contribution in [0.15, 0.2) is 36.4 Å². The molecule has 0 aliphatic heterocycles. The molecule has 0 heterocycles. The lowest BCUT2D eigenvalue weighted by Gasteiger charge is -2.08. The van der Waals surface area contributed by atoms with Gasteiger partial charge in [-0.25, -0.2) is 4.39 Å². The number of carbonyl (C=O) groups excluding carboxylic acids is 1. The summed E-state index contributed by atoms with van der Waals surface area (Å²) in [5.74, 6) is -1.37. The molecule has 2 aromatic carbocycles. The van der Waals surface area contributed by atoms with E-state index in [-0.39, 0.29) is 29.0 Å². The molecular formula is C15H10ClFN2O2. The van der Waals surface area contributed by atoms with Gasteiger partial charge in [0.05, 0.1) is 17.2 Å².